The first-order valence-electron chi connectivity index (χ1n) is 4.65. The van der Waals surface area contributed by atoms with E-state index in [2.05, 4.69) is 4.74 Å². The number of alkyl halides is 2. The lowest BCUT2D eigenvalue weighted by Gasteiger charge is -2.13. The van der Waals surface area contributed by atoms with Crippen LogP contribution >= 0.6 is 45.2 Å². The standard InChI is InChI=1S/C9H6F2I2O6S/c10-9(11,20(16,17)18)3-19-8(15)4-1-7(14)6(13)2-5(4)12/h1-2,14H,3H2,(H,16,17,18). The van der Waals surface area contributed by atoms with Crippen LogP contribution in [-0.2, 0) is 14.9 Å². The molecule has 0 radical (unpaired) electrons. The first kappa shape index (κ1) is 17.8. The molecule has 0 bridgehead atoms. The van der Waals surface area contributed by atoms with Crippen molar-refractivity contribution in [3.8, 4) is 5.75 Å². The van der Waals surface area contributed by atoms with E-state index in [9.17, 15) is 27.1 Å². The number of phenols is 1. The van der Waals surface area contributed by atoms with Crippen LogP contribution in [-0.4, -0.2) is 35.9 Å². The van der Waals surface area contributed by atoms with E-state index >= 15 is 0 Å². The molecule has 1 aromatic rings. The van der Waals surface area contributed by atoms with Gasteiger partial charge in [0.2, 0.25) is 0 Å². The van der Waals surface area contributed by atoms with E-state index in [1.807, 2.05) is 0 Å². The predicted octanol–water partition coefficient (Wildman–Crippen LogP) is 2.24. The van der Waals surface area contributed by atoms with Gasteiger partial charge in [0.1, 0.15) is 5.75 Å². The van der Waals surface area contributed by atoms with E-state index in [1.54, 1.807) is 45.2 Å². The largest absolute Gasteiger partial charge is 0.507 e. The molecule has 11 heteroatoms. The summed E-state index contributed by atoms with van der Waals surface area (Å²) in [5.74, 6) is -1.50. The summed E-state index contributed by atoms with van der Waals surface area (Å²) in [6.45, 7) is -1.83. The van der Waals surface area contributed by atoms with E-state index < -0.39 is 27.9 Å². The van der Waals surface area contributed by atoms with Crippen LogP contribution in [0.3, 0.4) is 0 Å². The van der Waals surface area contributed by atoms with Gasteiger partial charge in [-0.25, -0.2) is 4.79 Å². The Kier molecular flexibility index (Phi) is 5.53. The Morgan fingerprint density at radius 1 is 1.30 bits per heavy atom. The number of rotatable bonds is 4. The molecule has 1 rings (SSSR count). The summed E-state index contributed by atoms with van der Waals surface area (Å²) in [6.07, 6.45) is 0. The van der Waals surface area contributed by atoms with Crippen LogP contribution in [0.5, 0.6) is 5.75 Å². The fourth-order valence-electron chi connectivity index (χ4n) is 0.996. The Balaban J connectivity index is 2.92. The van der Waals surface area contributed by atoms with Gasteiger partial charge >= 0.3 is 21.3 Å². The first-order chi connectivity index (χ1) is 8.95. The Morgan fingerprint density at radius 3 is 2.35 bits per heavy atom. The maximum atomic E-state index is 12.9. The summed E-state index contributed by atoms with van der Waals surface area (Å²) in [5, 5.41) is 4.83. The van der Waals surface area contributed by atoms with Gasteiger partial charge in [-0.3, -0.25) is 4.55 Å². The number of carbonyl (C=O) groups excluding carboxylic acids is 1. The lowest BCUT2D eigenvalue weighted by atomic mass is 10.2. The highest BCUT2D eigenvalue weighted by atomic mass is 127. The fraction of sp³-hybridized carbons (Fsp3) is 0.222. The summed E-state index contributed by atoms with van der Waals surface area (Å²) in [4.78, 5) is 11.6. The molecule has 2 N–H and O–H groups in total. The maximum Gasteiger partial charge on any atom is 0.402 e. The van der Waals surface area contributed by atoms with Crippen molar-refractivity contribution in [2.75, 3.05) is 6.61 Å². The van der Waals surface area contributed by atoms with Crippen LogP contribution in [0.15, 0.2) is 12.1 Å². The van der Waals surface area contributed by atoms with Crippen LogP contribution in [0.1, 0.15) is 10.4 Å². The Morgan fingerprint density at radius 2 is 1.85 bits per heavy atom. The molecule has 112 valence electrons. The number of benzene rings is 1. The molecule has 6 nitrogen and oxygen atoms in total. The minimum atomic E-state index is -5.67. The number of hydrogen-bond acceptors (Lipinski definition) is 5. The lowest BCUT2D eigenvalue weighted by molar-refractivity contribution is -0.00959. The van der Waals surface area contributed by atoms with Gasteiger partial charge in [0.15, 0.2) is 6.61 Å². The molecule has 0 unspecified atom stereocenters. The van der Waals surface area contributed by atoms with Crippen LogP contribution in [0, 0.1) is 7.14 Å². The third-order valence-electron chi connectivity index (χ3n) is 2.01. The van der Waals surface area contributed by atoms with Gasteiger partial charge in [-0.2, -0.15) is 17.2 Å². The Bertz CT molecular complexity index is 646. The molecule has 0 heterocycles. The van der Waals surface area contributed by atoms with Gasteiger partial charge in [-0.1, -0.05) is 0 Å². The molecule has 0 fully saturated rings. The van der Waals surface area contributed by atoms with Crippen molar-refractivity contribution in [1.29, 1.82) is 0 Å². The Labute approximate surface area is 139 Å². The fourth-order valence-corrected chi connectivity index (χ4v) is 2.95. The molecular weight excluding hydrogens is 528 g/mol. The quantitative estimate of drug-likeness (QED) is 0.350. The van der Waals surface area contributed by atoms with Crippen molar-refractivity contribution in [3.63, 3.8) is 0 Å². The summed E-state index contributed by atoms with van der Waals surface area (Å²) in [6, 6.07) is 2.42. The van der Waals surface area contributed by atoms with Gasteiger partial charge in [0.25, 0.3) is 0 Å². The van der Waals surface area contributed by atoms with Crippen molar-refractivity contribution >= 4 is 61.3 Å². The van der Waals surface area contributed by atoms with E-state index in [-0.39, 0.29) is 11.3 Å². The van der Waals surface area contributed by atoms with Crippen LogP contribution < -0.4 is 0 Å². The molecule has 1 aromatic carbocycles. The van der Waals surface area contributed by atoms with Crippen molar-refractivity contribution < 1.29 is 36.4 Å². The summed E-state index contributed by atoms with van der Waals surface area (Å²) >= 11 is 3.52. The zero-order chi connectivity index (χ0) is 15.7. The molecule has 0 amide bonds. The van der Waals surface area contributed by atoms with Gasteiger partial charge in [0, 0.05) is 3.57 Å². The Hall–Kier alpha value is -0.280. The van der Waals surface area contributed by atoms with Gasteiger partial charge in [0.05, 0.1) is 9.13 Å². The molecule has 0 atom stereocenters. The zero-order valence-corrected chi connectivity index (χ0v) is 14.4. The summed E-state index contributed by atoms with van der Waals surface area (Å²) in [5.41, 5.74) is -0.199. The van der Waals surface area contributed by atoms with Gasteiger partial charge in [-0.15, -0.1) is 0 Å². The summed E-state index contributed by atoms with van der Waals surface area (Å²) < 4.78 is 59.6. The second-order valence-corrected chi connectivity index (χ2v) is 7.34. The number of aromatic hydroxyl groups is 1. The smallest absolute Gasteiger partial charge is 0.402 e. The topological polar surface area (TPSA) is 101 Å². The van der Waals surface area contributed by atoms with E-state index in [1.165, 1.54) is 6.07 Å². The SMILES string of the molecule is O=C(OCC(F)(F)S(=O)(=O)O)c1cc(O)c(I)cc1I. The van der Waals surface area contributed by atoms with Crippen molar-refractivity contribution in [3.05, 3.63) is 24.8 Å². The number of carbonyl (C=O) groups is 1. The molecule has 0 saturated carbocycles. The molecule has 0 spiro atoms. The highest BCUT2D eigenvalue weighted by Gasteiger charge is 2.45. The minimum Gasteiger partial charge on any atom is -0.507 e. The molecule has 0 aliphatic carbocycles. The van der Waals surface area contributed by atoms with E-state index in [4.69, 9.17) is 4.55 Å². The van der Waals surface area contributed by atoms with Crippen LogP contribution in [0.25, 0.3) is 0 Å². The monoisotopic (exact) mass is 534 g/mol. The number of halogens is 4. The van der Waals surface area contributed by atoms with Gasteiger partial charge < -0.3 is 9.84 Å². The van der Waals surface area contributed by atoms with Crippen molar-refractivity contribution in [2.24, 2.45) is 0 Å². The number of phenolic OH excluding ortho intramolecular Hbond substituents is 1. The minimum absolute atomic E-state index is 0.199. The first-order valence-corrected chi connectivity index (χ1v) is 8.25. The van der Waals surface area contributed by atoms with E-state index in [0.717, 1.165) is 6.07 Å². The van der Waals surface area contributed by atoms with Crippen LogP contribution in [0.2, 0.25) is 0 Å². The van der Waals surface area contributed by atoms with Gasteiger partial charge in [-0.05, 0) is 57.3 Å². The van der Waals surface area contributed by atoms with Crippen molar-refractivity contribution in [2.45, 2.75) is 5.25 Å². The number of hydrogen-bond donors (Lipinski definition) is 2. The summed E-state index contributed by atoms with van der Waals surface area (Å²) in [7, 11) is -5.67. The molecule has 0 aliphatic rings. The second kappa shape index (κ2) is 6.23. The molecule has 0 saturated heterocycles. The highest BCUT2D eigenvalue weighted by Crippen LogP contribution is 2.27. The van der Waals surface area contributed by atoms with Crippen LogP contribution in [0.4, 0.5) is 8.78 Å². The highest BCUT2D eigenvalue weighted by molar-refractivity contribution is 14.1. The molecule has 20 heavy (non-hydrogen) atoms. The maximum absolute atomic E-state index is 12.9. The third-order valence-corrected chi connectivity index (χ3v) is 4.63. The molecule has 0 aromatic heterocycles. The normalized spacial score (nSPS) is 12.2. The molecule has 0 aliphatic heterocycles. The third kappa shape index (κ3) is 4.11. The average molecular weight is 534 g/mol. The second-order valence-electron chi connectivity index (χ2n) is 3.47. The predicted molar refractivity (Wildman–Crippen MR) is 80.3 cm³/mol. The average Bonchev–Trinajstić information content (AvgIpc) is 2.29. The lowest BCUT2D eigenvalue weighted by Crippen LogP contribution is -2.34. The van der Waals surface area contributed by atoms with E-state index in [0.29, 0.717) is 7.14 Å². The number of esters is 1. The number of ether oxygens (including phenoxy) is 1. The zero-order valence-electron chi connectivity index (χ0n) is 9.31. The molecular formula is C9H6F2I2O6S. The van der Waals surface area contributed by atoms with Crippen molar-refractivity contribution in [1.82, 2.24) is 0 Å².